The fourth-order valence-electron chi connectivity index (χ4n) is 1.10. The van der Waals surface area contributed by atoms with Gasteiger partial charge in [-0.15, -0.1) is 0 Å². The van der Waals surface area contributed by atoms with Crippen LogP contribution < -0.4 is 0 Å². The Morgan fingerprint density at radius 1 is 1.67 bits per heavy atom. The van der Waals surface area contributed by atoms with E-state index in [1.54, 1.807) is 0 Å². The Kier molecular flexibility index (Phi) is 3.08. The molecule has 1 saturated heterocycles. The molecular weight excluding hydrogens is 160 g/mol. The van der Waals surface area contributed by atoms with E-state index in [9.17, 15) is 9.59 Å². The molecule has 0 saturated carbocycles. The van der Waals surface area contributed by atoms with E-state index in [-0.39, 0.29) is 18.5 Å². The SMILES string of the molecule is CCCC(=O)CC1COC(=O)O1. The standard InChI is InChI=1S/C8H12O4/c1-2-3-6(9)4-7-5-11-8(10)12-7/h7H,2-5H2,1H3. The van der Waals surface area contributed by atoms with Crippen molar-refractivity contribution in [3.05, 3.63) is 0 Å². The highest BCUT2D eigenvalue weighted by molar-refractivity contribution is 5.79. The molecular formula is C8H12O4. The molecule has 0 aliphatic carbocycles. The summed E-state index contributed by atoms with van der Waals surface area (Å²) in [6, 6.07) is 0. The second-order valence-corrected chi connectivity index (χ2v) is 2.79. The first-order valence-electron chi connectivity index (χ1n) is 4.07. The molecule has 0 radical (unpaired) electrons. The summed E-state index contributed by atoms with van der Waals surface area (Å²) >= 11 is 0. The second-order valence-electron chi connectivity index (χ2n) is 2.79. The summed E-state index contributed by atoms with van der Waals surface area (Å²) in [5.41, 5.74) is 0. The van der Waals surface area contributed by atoms with Crippen LogP contribution in [0.4, 0.5) is 4.79 Å². The number of ketones is 1. The van der Waals surface area contributed by atoms with E-state index in [1.165, 1.54) is 0 Å². The van der Waals surface area contributed by atoms with Gasteiger partial charge in [0.25, 0.3) is 0 Å². The highest BCUT2D eigenvalue weighted by atomic mass is 16.8. The lowest BCUT2D eigenvalue weighted by atomic mass is 10.1. The van der Waals surface area contributed by atoms with E-state index in [4.69, 9.17) is 4.74 Å². The fraction of sp³-hybridized carbons (Fsp3) is 0.750. The molecule has 1 aliphatic rings. The number of carbonyl (C=O) groups is 2. The minimum Gasteiger partial charge on any atom is -0.430 e. The molecule has 0 aromatic carbocycles. The maximum absolute atomic E-state index is 11.1. The van der Waals surface area contributed by atoms with Gasteiger partial charge < -0.3 is 9.47 Å². The summed E-state index contributed by atoms with van der Waals surface area (Å²) in [5, 5.41) is 0. The Balaban J connectivity index is 2.23. The molecule has 1 unspecified atom stereocenters. The van der Waals surface area contributed by atoms with Gasteiger partial charge in [0.2, 0.25) is 0 Å². The number of Topliss-reactive ketones (excluding diaryl/α,β-unsaturated/α-hetero) is 1. The minimum atomic E-state index is -0.663. The quantitative estimate of drug-likeness (QED) is 0.599. The first-order chi connectivity index (χ1) is 5.72. The van der Waals surface area contributed by atoms with E-state index < -0.39 is 6.16 Å². The van der Waals surface area contributed by atoms with Crippen molar-refractivity contribution < 1.29 is 19.1 Å². The van der Waals surface area contributed by atoms with Gasteiger partial charge in [0.1, 0.15) is 18.5 Å². The van der Waals surface area contributed by atoms with Crippen LogP contribution >= 0.6 is 0 Å². The Morgan fingerprint density at radius 3 is 2.92 bits per heavy atom. The lowest BCUT2D eigenvalue weighted by Crippen LogP contribution is -2.15. The van der Waals surface area contributed by atoms with Crippen LogP contribution in [0.3, 0.4) is 0 Å². The van der Waals surface area contributed by atoms with Gasteiger partial charge in [-0.2, -0.15) is 0 Å². The van der Waals surface area contributed by atoms with Crippen molar-refractivity contribution in [2.24, 2.45) is 0 Å². The van der Waals surface area contributed by atoms with Crippen molar-refractivity contribution in [1.29, 1.82) is 0 Å². The van der Waals surface area contributed by atoms with Crippen molar-refractivity contribution in [2.75, 3.05) is 6.61 Å². The molecule has 1 fully saturated rings. The van der Waals surface area contributed by atoms with E-state index in [1.807, 2.05) is 6.92 Å². The Labute approximate surface area is 70.8 Å². The first kappa shape index (κ1) is 9.03. The number of hydrogen-bond donors (Lipinski definition) is 0. The molecule has 1 rings (SSSR count). The first-order valence-corrected chi connectivity index (χ1v) is 4.07. The van der Waals surface area contributed by atoms with Gasteiger partial charge in [-0.25, -0.2) is 4.79 Å². The zero-order chi connectivity index (χ0) is 8.97. The molecule has 68 valence electrons. The van der Waals surface area contributed by atoms with Crippen LogP contribution in [0.1, 0.15) is 26.2 Å². The van der Waals surface area contributed by atoms with Crippen molar-refractivity contribution >= 4 is 11.9 Å². The molecule has 4 heteroatoms. The van der Waals surface area contributed by atoms with Gasteiger partial charge in [-0.05, 0) is 6.42 Å². The molecule has 1 heterocycles. The smallest absolute Gasteiger partial charge is 0.430 e. The summed E-state index contributed by atoms with van der Waals surface area (Å²) < 4.78 is 9.23. The van der Waals surface area contributed by atoms with E-state index >= 15 is 0 Å². The lowest BCUT2D eigenvalue weighted by Gasteiger charge is -2.03. The van der Waals surface area contributed by atoms with Gasteiger partial charge >= 0.3 is 6.16 Å². The average molecular weight is 172 g/mol. The highest BCUT2D eigenvalue weighted by Crippen LogP contribution is 2.11. The lowest BCUT2D eigenvalue weighted by molar-refractivity contribution is -0.120. The maximum atomic E-state index is 11.1. The third kappa shape index (κ3) is 2.53. The van der Waals surface area contributed by atoms with Crippen LogP contribution in [-0.4, -0.2) is 24.6 Å². The Bertz CT molecular complexity index is 187. The summed E-state index contributed by atoms with van der Waals surface area (Å²) in [6.45, 7) is 2.16. The molecule has 0 bridgehead atoms. The molecule has 12 heavy (non-hydrogen) atoms. The van der Waals surface area contributed by atoms with Crippen molar-refractivity contribution in [3.8, 4) is 0 Å². The van der Waals surface area contributed by atoms with E-state index in [0.29, 0.717) is 12.8 Å². The maximum Gasteiger partial charge on any atom is 0.508 e. The number of cyclic esters (lactones) is 2. The monoisotopic (exact) mass is 172 g/mol. The minimum absolute atomic E-state index is 0.126. The van der Waals surface area contributed by atoms with Gasteiger partial charge in [-0.3, -0.25) is 4.79 Å². The van der Waals surface area contributed by atoms with Crippen LogP contribution in [0.15, 0.2) is 0 Å². The fourth-order valence-corrected chi connectivity index (χ4v) is 1.10. The van der Waals surface area contributed by atoms with Gasteiger partial charge in [-0.1, -0.05) is 6.92 Å². The van der Waals surface area contributed by atoms with Crippen LogP contribution in [0.5, 0.6) is 0 Å². The number of carbonyl (C=O) groups excluding carboxylic acids is 2. The number of rotatable bonds is 4. The van der Waals surface area contributed by atoms with Gasteiger partial charge in [0.05, 0.1) is 0 Å². The molecule has 1 aliphatic heterocycles. The summed E-state index contributed by atoms with van der Waals surface area (Å²) in [6.07, 6.45) is 0.661. The van der Waals surface area contributed by atoms with Crippen LogP contribution in [0.2, 0.25) is 0 Å². The highest BCUT2D eigenvalue weighted by Gasteiger charge is 2.26. The van der Waals surface area contributed by atoms with Crippen molar-refractivity contribution in [3.63, 3.8) is 0 Å². The third-order valence-electron chi connectivity index (χ3n) is 1.63. The summed E-state index contributed by atoms with van der Waals surface area (Å²) in [4.78, 5) is 21.5. The topological polar surface area (TPSA) is 52.6 Å². The molecule has 0 spiro atoms. The molecule has 0 amide bonds. The van der Waals surface area contributed by atoms with Crippen LogP contribution in [0.25, 0.3) is 0 Å². The predicted molar refractivity (Wildman–Crippen MR) is 40.8 cm³/mol. The zero-order valence-corrected chi connectivity index (χ0v) is 7.04. The van der Waals surface area contributed by atoms with Crippen molar-refractivity contribution in [2.45, 2.75) is 32.3 Å². The summed E-state index contributed by atoms with van der Waals surface area (Å²) in [5.74, 6) is 0.126. The Hall–Kier alpha value is -1.06. The molecule has 0 N–H and O–H groups in total. The van der Waals surface area contributed by atoms with Crippen molar-refractivity contribution in [1.82, 2.24) is 0 Å². The molecule has 0 aromatic rings. The normalized spacial score (nSPS) is 21.8. The van der Waals surface area contributed by atoms with E-state index in [2.05, 4.69) is 4.74 Å². The third-order valence-corrected chi connectivity index (χ3v) is 1.63. The average Bonchev–Trinajstić information content (AvgIpc) is 2.36. The van der Waals surface area contributed by atoms with Crippen LogP contribution in [0, 0.1) is 0 Å². The zero-order valence-electron chi connectivity index (χ0n) is 7.04. The van der Waals surface area contributed by atoms with Crippen LogP contribution in [-0.2, 0) is 14.3 Å². The predicted octanol–water partition coefficient (Wildman–Crippen LogP) is 1.28. The largest absolute Gasteiger partial charge is 0.508 e. The number of hydrogen-bond acceptors (Lipinski definition) is 4. The van der Waals surface area contributed by atoms with Gasteiger partial charge in [0, 0.05) is 12.8 Å². The van der Waals surface area contributed by atoms with Gasteiger partial charge in [0.15, 0.2) is 0 Å². The number of ether oxygens (including phenoxy) is 2. The molecule has 1 atom stereocenters. The van der Waals surface area contributed by atoms with E-state index in [0.717, 1.165) is 6.42 Å². The molecule has 0 aromatic heterocycles. The molecule has 4 nitrogen and oxygen atoms in total. The summed E-state index contributed by atoms with van der Waals surface area (Å²) in [7, 11) is 0. The second kappa shape index (κ2) is 4.09. The Morgan fingerprint density at radius 2 is 2.42 bits per heavy atom.